The fourth-order valence-corrected chi connectivity index (χ4v) is 3.78. The van der Waals surface area contributed by atoms with Crippen molar-refractivity contribution in [1.82, 2.24) is 4.90 Å². The second kappa shape index (κ2) is 6.43. The number of nitrogens with one attached hydrogen (secondary N) is 2. The van der Waals surface area contributed by atoms with Gasteiger partial charge in [-0.1, -0.05) is 18.2 Å². The first-order valence-corrected chi connectivity index (χ1v) is 8.63. The highest BCUT2D eigenvalue weighted by molar-refractivity contribution is 7.99. The minimum Gasteiger partial charge on any atom is -0.340 e. The summed E-state index contributed by atoms with van der Waals surface area (Å²) in [6.45, 7) is 2.21. The molecule has 20 heavy (non-hydrogen) atoms. The number of amidine groups is 1. The molecule has 2 heterocycles. The molecule has 3 nitrogen and oxygen atoms in total. The Balaban J connectivity index is 1.59. The van der Waals surface area contributed by atoms with Crippen molar-refractivity contribution in [3.05, 3.63) is 52.2 Å². The van der Waals surface area contributed by atoms with E-state index in [1.807, 2.05) is 29.3 Å². The zero-order valence-electron chi connectivity index (χ0n) is 11.1. The van der Waals surface area contributed by atoms with Gasteiger partial charge in [0.05, 0.1) is 4.88 Å². The van der Waals surface area contributed by atoms with Crippen LogP contribution in [0.5, 0.6) is 0 Å². The zero-order valence-corrected chi connectivity index (χ0v) is 12.8. The topological polar surface area (TPSA) is 39.1 Å². The highest BCUT2D eigenvalue weighted by Crippen LogP contribution is 2.18. The van der Waals surface area contributed by atoms with Crippen LogP contribution >= 0.6 is 23.1 Å². The lowest BCUT2D eigenvalue weighted by Crippen LogP contribution is -2.18. The fourth-order valence-electron chi connectivity index (χ4n) is 2.15. The Hall–Kier alpha value is -1.30. The average Bonchev–Trinajstić information content (AvgIpc) is 3.13. The largest absolute Gasteiger partial charge is 0.340 e. The number of thiophene rings is 1. The third-order valence-corrected chi connectivity index (χ3v) is 5.13. The highest BCUT2D eigenvalue weighted by atomic mass is 32.2. The highest BCUT2D eigenvalue weighted by Gasteiger charge is 2.11. The molecule has 3 rings (SSSR count). The van der Waals surface area contributed by atoms with E-state index >= 15 is 0 Å². The van der Waals surface area contributed by atoms with Crippen LogP contribution in [-0.2, 0) is 6.54 Å². The molecule has 0 aliphatic carbocycles. The molecule has 104 valence electrons. The van der Waals surface area contributed by atoms with E-state index in [1.165, 1.54) is 17.9 Å². The van der Waals surface area contributed by atoms with Crippen molar-refractivity contribution in [1.29, 1.82) is 5.41 Å². The van der Waals surface area contributed by atoms with Crippen LogP contribution in [0.15, 0.2) is 41.8 Å². The van der Waals surface area contributed by atoms with Gasteiger partial charge in [-0.2, -0.15) is 0 Å². The monoisotopic (exact) mass is 303 g/mol. The van der Waals surface area contributed by atoms with E-state index in [0.717, 1.165) is 23.0 Å². The summed E-state index contributed by atoms with van der Waals surface area (Å²) < 4.78 is 0. The summed E-state index contributed by atoms with van der Waals surface area (Å²) >= 11 is 3.58. The summed E-state index contributed by atoms with van der Waals surface area (Å²) in [6, 6.07) is 12.3. The molecular weight excluding hydrogens is 286 g/mol. The predicted octanol–water partition coefficient (Wildman–Crippen LogP) is 3.69. The van der Waals surface area contributed by atoms with Crippen molar-refractivity contribution >= 4 is 34.6 Å². The van der Waals surface area contributed by atoms with Crippen LogP contribution < -0.4 is 5.32 Å². The molecule has 0 saturated carbocycles. The molecular formula is C15H17N3S2. The van der Waals surface area contributed by atoms with Gasteiger partial charge in [0, 0.05) is 30.4 Å². The van der Waals surface area contributed by atoms with Crippen molar-refractivity contribution in [2.45, 2.75) is 6.54 Å². The molecule has 1 aliphatic heterocycles. The van der Waals surface area contributed by atoms with Crippen LogP contribution in [-0.4, -0.2) is 28.9 Å². The maximum Gasteiger partial charge on any atom is 0.140 e. The van der Waals surface area contributed by atoms with Gasteiger partial charge in [0.2, 0.25) is 0 Å². The van der Waals surface area contributed by atoms with E-state index in [2.05, 4.69) is 34.5 Å². The first-order valence-electron chi connectivity index (χ1n) is 6.60. The van der Waals surface area contributed by atoms with Gasteiger partial charge in [0.15, 0.2) is 0 Å². The minimum absolute atomic E-state index is 0.462. The van der Waals surface area contributed by atoms with Crippen LogP contribution in [0.4, 0.5) is 5.69 Å². The molecule has 0 spiro atoms. The van der Waals surface area contributed by atoms with Crippen LogP contribution in [0.1, 0.15) is 10.4 Å². The van der Waals surface area contributed by atoms with Gasteiger partial charge < -0.3 is 5.32 Å². The van der Waals surface area contributed by atoms with Crippen LogP contribution in [0, 0.1) is 5.41 Å². The lowest BCUT2D eigenvalue weighted by Gasteiger charge is -2.14. The van der Waals surface area contributed by atoms with Crippen LogP contribution in [0.2, 0.25) is 0 Å². The van der Waals surface area contributed by atoms with Gasteiger partial charge in [0.1, 0.15) is 5.84 Å². The molecule has 1 aromatic carbocycles. The third-order valence-electron chi connectivity index (χ3n) is 3.22. The number of nitrogens with zero attached hydrogens (tertiary/aromatic N) is 1. The lowest BCUT2D eigenvalue weighted by atomic mass is 10.2. The minimum atomic E-state index is 0.462. The molecule has 1 saturated heterocycles. The average molecular weight is 303 g/mol. The Morgan fingerprint density at radius 3 is 2.75 bits per heavy atom. The number of anilines is 1. The molecule has 0 unspecified atom stereocenters. The molecule has 1 fully saturated rings. The van der Waals surface area contributed by atoms with Crippen molar-refractivity contribution < 1.29 is 0 Å². The molecule has 0 radical (unpaired) electrons. The molecule has 0 bridgehead atoms. The van der Waals surface area contributed by atoms with Crippen molar-refractivity contribution in [2.24, 2.45) is 0 Å². The van der Waals surface area contributed by atoms with E-state index in [1.54, 1.807) is 11.3 Å². The van der Waals surface area contributed by atoms with Crippen LogP contribution in [0.25, 0.3) is 0 Å². The summed E-state index contributed by atoms with van der Waals surface area (Å²) in [5.41, 5.74) is 2.31. The van der Waals surface area contributed by atoms with E-state index in [-0.39, 0.29) is 0 Å². The zero-order chi connectivity index (χ0) is 13.8. The third kappa shape index (κ3) is 3.42. The maximum atomic E-state index is 8.01. The van der Waals surface area contributed by atoms with Gasteiger partial charge in [-0.25, -0.2) is 0 Å². The molecule has 5 heteroatoms. The van der Waals surface area contributed by atoms with Gasteiger partial charge in [-0.05, 0) is 29.1 Å². The van der Waals surface area contributed by atoms with Crippen molar-refractivity contribution in [3.8, 4) is 0 Å². The van der Waals surface area contributed by atoms with E-state index in [4.69, 9.17) is 5.41 Å². The van der Waals surface area contributed by atoms with Gasteiger partial charge in [0.25, 0.3) is 0 Å². The number of thioether (sulfide) groups is 1. The first kappa shape index (κ1) is 13.7. The SMILES string of the molecule is N=C(Nc1ccc(CN2CCSC2)cc1)c1cccs1. The Kier molecular flexibility index (Phi) is 4.40. The summed E-state index contributed by atoms with van der Waals surface area (Å²) in [4.78, 5) is 3.42. The normalized spacial score (nSPS) is 15.4. The van der Waals surface area contributed by atoms with E-state index < -0.39 is 0 Å². The summed E-state index contributed by atoms with van der Waals surface area (Å²) in [6.07, 6.45) is 0. The second-order valence-electron chi connectivity index (χ2n) is 4.76. The van der Waals surface area contributed by atoms with Gasteiger partial charge >= 0.3 is 0 Å². The molecule has 0 amide bonds. The quantitative estimate of drug-likeness (QED) is 0.668. The maximum absolute atomic E-state index is 8.01. The van der Waals surface area contributed by atoms with Crippen molar-refractivity contribution in [2.75, 3.05) is 23.5 Å². The lowest BCUT2D eigenvalue weighted by molar-refractivity contribution is 0.349. The Morgan fingerprint density at radius 1 is 1.25 bits per heavy atom. The number of hydrogen-bond acceptors (Lipinski definition) is 4. The Morgan fingerprint density at radius 2 is 2.10 bits per heavy atom. The Labute approximate surface area is 127 Å². The molecule has 2 N–H and O–H groups in total. The smallest absolute Gasteiger partial charge is 0.140 e. The summed E-state index contributed by atoms with van der Waals surface area (Å²) in [7, 11) is 0. The predicted molar refractivity (Wildman–Crippen MR) is 88.9 cm³/mol. The molecule has 1 aliphatic rings. The molecule has 1 aromatic heterocycles. The van der Waals surface area contributed by atoms with E-state index in [0.29, 0.717) is 5.84 Å². The Bertz CT molecular complexity index is 557. The number of hydrogen-bond donors (Lipinski definition) is 2. The summed E-state index contributed by atoms with van der Waals surface area (Å²) in [5.74, 6) is 2.85. The fraction of sp³-hybridized carbons (Fsp3) is 0.267. The number of rotatable bonds is 4. The first-order chi connectivity index (χ1) is 9.81. The molecule has 0 atom stereocenters. The van der Waals surface area contributed by atoms with Crippen molar-refractivity contribution in [3.63, 3.8) is 0 Å². The second-order valence-corrected chi connectivity index (χ2v) is 6.79. The van der Waals surface area contributed by atoms with Gasteiger partial charge in [-0.15, -0.1) is 23.1 Å². The summed E-state index contributed by atoms with van der Waals surface area (Å²) in [5, 5.41) is 13.1. The van der Waals surface area contributed by atoms with Gasteiger partial charge in [-0.3, -0.25) is 10.3 Å². The van der Waals surface area contributed by atoms with E-state index in [9.17, 15) is 0 Å². The number of benzene rings is 1. The molecule has 2 aromatic rings. The van der Waals surface area contributed by atoms with Crippen LogP contribution in [0.3, 0.4) is 0 Å². The standard InChI is InChI=1S/C15H17N3S2/c16-15(14-2-1-8-20-14)17-13-5-3-12(4-6-13)10-18-7-9-19-11-18/h1-6,8H,7,9-11H2,(H2,16,17).